The van der Waals surface area contributed by atoms with Crippen LogP contribution < -0.4 is 0 Å². The van der Waals surface area contributed by atoms with Crippen LogP contribution in [0.15, 0.2) is 12.4 Å². The van der Waals surface area contributed by atoms with Crippen LogP contribution in [-0.2, 0) is 6.54 Å². The van der Waals surface area contributed by atoms with Gasteiger partial charge in [0.05, 0.1) is 11.8 Å². The van der Waals surface area contributed by atoms with Crippen molar-refractivity contribution in [1.82, 2.24) is 9.78 Å². The number of Topliss-reactive ketones (excluding diaryl/α,β-unsaturated/α-hetero) is 1. The lowest BCUT2D eigenvalue weighted by molar-refractivity contribution is 0.0858. The smallest absolute Gasteiger partial charge is 0.171 e. The minimum atomic E-state index is -0.318. The molecule has 3 heteroatoms. The molecule has 0 spiro atoms. The molecule has 0 saturated carbocycles. The third-order valence-electron chi connectivity index (χ3n) is 1.90. The van der Waals surface area contributed by atoms with Crippen LogP contribution in [-0.4, -0.2) is 15.6 Å². The maximum atomic E-state index is 11.7. The molecule has 0 aliphatic carbocycles. The van der Waals surface area contributed by atoms with E-state index >= 15 is 0 Å². The lowest BCUT2D eigenvalue weighted by atomic mass is 9.88. The number of aromatic nitrogens is 2. The molecule has 72 valence electrons. The van der Waals surface area contributed by atoms with E-state index in [2.05, 4.69) is 5.10 Å². The Balaban J connectivity index is 2.90. The first-order chi connectivity index (χ1) is 5.95. The Morgan fingerprint density at radius 1 is 1.54 bits per heavy atom. The molecule has 0 fully saturated rings. The summed E-state index contributed by atoms with van der Waals surface area (Å²) in [7, 11) is 0. The van der Waals surface area contributed by atoms with Gasteiger partial charge >= 0.3 is 0 Å². The Kier molecular flexibility index (Phi) is 2.55. The highest BCUT2D eigenvalue weighted by atomic mass is 16.1. The number of nitrogens with zero attached hydrogens (tertiary/aromatic N) is 2. The zero-order valence-electron chi connectivity index (χ0n) is 8.66. The summed E-state index contributed by atoms with van der Waals surface area (Å²) >= 11 is 0. The fraction of sp³-hybridized carbons (Fsp3) is 0.600. The molecule has 1 rings (SSSR count). The van der Waals surface area contributed by atoms with Gasteiger partial charge in [-0.25, -0.2) is 0 Å². The molecule has 0 aliphatic heterocycles. The highest BCUT2D eigenvalue weighted by Gasteiger charge is 2.23. The number of carbonyl (C=O) groups is 1. The molecule has 1 aromatic rings. The topological polar surface area (TPSA) is 34.9 Å². The molecule has 0 aliphatic rings. The predicted octanol–water partition coefficient (Wildman–Crippen LogP) is 2.13. The van der Waals surface area contributed by atoms with Crippen LogP contribution in [0.1, 0.15) is 38.1 Å². The van der Waals surface area contributed by atoms with Gasteiger partial charge in [-0.2, -0.15) is 5.10 Å². The Hall–Kier alpha value is -1.12. The van der Waals surface area contributed by atoms with Crippen molar-refractivity contribution in [2.24, 2.45) is 5.41 Å². The van der Waals surface area contributed by atoms with E-state index in [1.54, 1.807) is 17.1 Å². The van der Waals surface area contributed by atoms with Gasteiger partial charge in [0.2, 0.25) is 0 Å². The number of ketones is 1. The second kappa shape index (κ2) is 3.32. The van der Waals surface area contributed by atoms with Crippen molar-refractivity contribution in [3.05, 3.63) is 18.0 Å². The molecule has 13 heavy (non-hydrogen) atoms. The standard InChI is InChI=1S/C10H16N2O/c1-5-12-7-8(6-11-12)9(13)10(2,3)4/h6-7H,5H2,1-4H3. The molecule has 0 N–H and O–H groups in total. The maximum absolute atomic E-state index is 11.7. The van der Waals surface area contributed by atoms with Crippen molar-refractivity contribution < 1.29 is 4.79 Å². The van der Waals surface area contributed by atoms with Crippen molar-refractivity contribution in [1.29, 1.82) is 0 Å². The molecule has 0 radical (unpaired) electrons. The Morgan fingerprint density at radius 2 is 2.15 bits per heavy atom. The molecule has 0 bridgehead atoms. The third kappa shape index (κ3) is 2.17. The van der Waals surface area contributed by atoms with E-state index in [1.807, 2.05) is 27.7 Å². The SMILES string of the molecule is CCn1cc(C(=O)C(C)(C)C)cn1. The number of hydrogen-bond donors (Lipinski definition) is 0. The van der Waals surface area contributed by atoms with Crippen LogP contribution in [0.5, 0.6) is 0 Å². The van der Waals surface area contributed by atoms with Crippen molar-refractivity contribution >= 4 is 5.78 Å². The maximum Gasteiger partial charge on any atom is 0.171 e. The Labute approximate surface area is 78.8 Å². The molecular formula is C10H16N2O. The zero-order chi connectivity index (χ0) is 10.1. The fourth-order valence-corrected chi connectivity index (χ4v) is 1.09. The van der Waals surface area contributed by atoms with E-state index < -0.39 is 0 Å². The van der Waals surface area contributed by atoms with Crippen LogP contribution in [0.25, 0.3) is 0 Å². The summed E-state index contributed by atoms with van der Waals surface area (Å²) in [6.45, 7) is 8.55. The number of rotatable bonds is 2. The molecule has 0 atom stereocenters. The summed E-state index contributed by atoms with van der Waals surface area (Å²) in [6.07, 6.45) is 3.44. The first kappa shape index (κ1) is 9.96. The number of hydrogen-bond acceptors (Lipinski definition) is 2. The highest BCUT2D eigenvalue weighted by molar-refractivity contribution is 5.99. The van der Waals surface area contributed by atoms with Crippen molar-refractivity contribution in [2.45, 2.75) is 34.2 Å². The molecule has 1 aromatic heterocycles. The van der Waals surface area contributed by atoms with Crippen LogP contribution >= 0.6 is 0 Å². The quantitative estimate of drug-likeness (QED) is 0.653. The second-order valence-electron chi connectivity index (χ2n) is 4.16. The minimum Gasteiger partial charge on any atom is -0.293 e. The van der Waals surface area contributed by atoms with Crippen molar-refractivity contribution in [3.8, 4) is 0 Å². The van der Waals surface area contributed by atoms with E-state index in [-0.39, 0.29) is 11.2 Å². The van der Waals surface area contributed by atoms with Crippen LogP contribution in [0.2, 0.25) is 0 Å². The van der Waals surface area contributed by atoms with Gasteiger partial charge in [0.25, 0.3) is 0 Å². The summed E-state index contributed by atoms with van der Waals surface area (Å²) < 4.78 is 1.76. The number of aryl methyl sites for hydroxylation is 1. The summed E-state index contributed by atoms with van der Waals surface area (Å²) in [5, 5.41) is 4.07. The summed E-state index contributed by atoms with van der Waals surface area (Å²) in [5.41, 5.74) is 0.385. The van der Waals surface area contributed by atoms with Gasteiger partial charge in [-0.3, -0.25) is 9.48 Å². The van der Waals surface area contributed by atoms with Crippen LogP contribution in [0, 0.1) is 5.41 Å². The second-order valence-corrected chi connectivity index (χ2v) is 4.16. The van der Waals surface area contributed by atoms with E-state index in [1.165, 1.54) is 0 Å². The molecule has 0 saturated heterocycles. The van der Waals surface area contributed by atoms with Gasteiger partial charge in [0, 0.05) is 18.2 Å². The zero-order valence-corrected chi connectivity index (χ0v) is 8.66. The average molecular weight is 180 g/mol. The van der Waals surface area contributed by atoms with Crippen molar-refractivity contribution in [3.63, 3.8) is 0 Å². The fourth-order valence-electron chi connectivity index (χ4n) is 1.09. The third-order valence-corrected chi connectivity index (χ3v) is 1.90. The summed E-state index contributed by atoms with van der Waals surface area (Å²) in [6, 6.07) is 0. The van der Waals surface area contributed by atoms with Gasteiger partial charge in [-0.1, -0.05) is 20.8 Å². The van der Waals surface area contributed by atoms with Gasteiger partial charge in [-0.15, -0.1) is 0 Å². The van der Waals surface area contributed by atoms with E-state index in [0.717, 1.165) is 6.54 Å². The van der Waals surface area contributed by atoms with E-state index in [4.69, 9.17) is 0 Å². The lowest BCUT2D eigenvalue weighted by Gasteiger charge is -2.14. The van der Waals surface area contributed by atoms with E-state index in [9.17, 15) is 4.79 Å². The van der Waals surface area contributed by atoms with E-state index in [0.29, 0.717) is 5.56 Å². The molecule has 0 aromatic carbocycles. The number of carbonyl (C=O) groups excluding carboxylic acids is 1. The average Bonchev–Trinajstić information content (AvgIpc) is 2.48. The van der Waals surface area contributed by atoms with Crippen LogP contribution in [0.3, 0.4) is 0 Å². The predicted molar refractivity (Wildman–Crippen MR) is 51.7 cm³/mol. The monoisotopic (exact) mass is 180 g/mol. The molecular weight excluding hydrogens is 164 g/mol. The Morgan fingerprint density at radius 3 is 2.54 bits per heavy atom. The Bertz CT molecular complexity index is 307. The molecule has 3 nitrogen and oxygen atoms in total. The summed E-state index contributed by atoms with van der Waals surface area (Å²) in [5.74, 6) is 0.146. The first-order valence-electron chi connectivity index (χ1n) is 4.52. The highest BCUT2D eigenvalue weighted by Crippen LogP contribution is 2.19. The minimum absolute atomic E-state index is 0.146. The molecule has 0 amide bonds. The first-order valence-corrected chi connectivity index (χ1v) is 4.52. The van der Waals surface area contributed by atoms with Gasteiger partial charge in [-0.05, 0) is 6.92 Å². The van der Waals surface area contributed by atoms with Crippen LogP contribution in [0.4, 0.5) is 0 Å². The normalized spacial score (nSPS) is 11.7. The van der Waals surface area contributed by atoms with Gasteiger partial charge < -0.3 is 0 Å². The molecule has 0 unspecified atom stereocenters. The van der Waals surface area contributed by atoms with Gasteiger partial charge in [0.1, 0.15) is 0 Å². The van der Waals surface area contributed by atoms with Gasteiger partial charge in [0.15, 0.2) is 5.78 Å². The molecule has 1 heterocycles. The summed E-state index contributed by atoms with van der Waals surface area (Å²) in [4.78, 5) is 11.7. The largest absolute Gasteiger partial charge is 0.293 e. The van der Waals surface area contributed by atoms with Crippen molar-refractivity contribution in [2.75, 3.05) is 0 Å². The lowest BCUT2D eigenvalue weighted by Crippen LogP contribution is -2.19.